The van der Waals surface area contributed by atoms with Gasteiger partial charge in [0.2, 0.25) is 0 Å². The van der Waals surface area contributed by atoms with Crippen molar-refractivity contribution in [2.24, 2.45) is 40.4 Å². The van der Waals surface area contributed by atoms with Crippen molar-refractivity contribution in [3.05, 3.63) is 11.6 Å². The van der Waals surface area contributed by atoms with E-state index in [-0.39, 0.29) is 52.8 Å². The van der Waals surface area contributed by atoms with Gasteiger partial charge in [-0.1, -0.05) is 25.5 Å². The van der Waals surface area contributed by atoms with Gasteiger partial charge in [-0.25, -0.2) is 0 Å². The Labute approximate surface area is 204 Å². The van der Waals surface area contributed by atoms with Gasteiger partial charge in [0, 0.05) is 39.0 Å². The van der Waals surface area contributed by atoms with Gasteiger partial charge in [-0.05, 0) is 74.0 Å². The second kappa shape index (κ2) is 9.31. The van der Waals surface area contributed by atoms with Crippen LogP contribution < -0.4 is 0 Å². The maximum atomic E-state index is 11.8. The maximum Gasteiger partial charge on any atom is 0.302 e. The first-order chi connectivity index (χ1) is 16.0. The molecule has 0 radical (unpaired) electrons. The van der Waals surface area contributed by atoms with E-state index in [0.717, 1.165) is 44.9 Å². The van der Waals surface area contributed by atoms with Gasteiger partial charge in [0.25, 0.3) is 0 Å². The standard InChI is InChI=1S/C28H42O6/c1-16(33-18(3)30)26-20(15-32-17(2)29)13-25-23-8-7-21-14-22(34-19(4)31)9-11-27(21,5)24(23)10-12-28(25,26)6/h7,16,20,22-26H,8-15H2,1-6H3/t16-,20-,22-,23+,24-,25-,26-,27-,28-/m0/s1. The molecule has 190 valence electrons. The van der Waals surface area contributed by atoms with Gasteiger partial charge < -0.3 is 14.2 Å². The van der Waals surface area contributed by atoms with E-state index >= 15 is 0 Å². The van der Waals surface area contributed by atoms with Crippen LogP contribution in [0.5, 0.6) is 0 Å². The first-order valence-electron chi connectivity index (χ1n) is 13.1. The highest BCUT2D eigenvalue weighted by atomic mass is 16.5. The van der Waals surface area contributed by atoms with Gasteiger partial charge in [-0.2, -0.15) is 0 Å². The molecule has 34 heavy (non-hydrogen) atoms. The minimum Gasteiger partial charge on any atom is -0.466 e. The number of carbonyl (C=O) groups excluding carboxylic acids is 3. The third-order valence-corrected chi connectivity index (χ3v) is 10.0. The first-order valence-corrected chi connectivity index (χ1v) is 13.1. The van der Waals surface area contributed by atoms with E-state index in [1.54, 1.807) is 0 Å². The van der Waals surface area contributed by atoms with E-state index in [9.17, 15) is 14.4 Å². The molecule has 6 heteroatoms. The van der Waals surface area contributed by atoms with E-state index in [2.05, 4.69) is 19.9 Å². The topological polar surface area (TPSA) is 78.9 Å². The lowest BCUT2D eigenvalue weighted by Crippen LogP contribution is -2.51. The fourth-order valence-corrected chi connectivity index (χ4v) is 8.83. The van der Waals surface area contributed by atoms with Gasteiger partial charge in [-0.3, -0.25) is 14.4 Å². The monoisotopic (exact) mass is 474 g/mol. The number of hydrogen-bond donors (Lipinski definition) is 0. The van der Waals surface area contributed by atoms with E-state index in [1.807, 2.05) is 6.92 Å². The van der Waals surface area contributed by atoms with Crippen LogP contribution in [-0.4, -0.2) is 36.7 Å². The van der Waals surface area contributed by atoms with Crippen LogP contribution >= 0.6 is 0 Å². The molecule has 4 rings (SSSR count). The second-order valence-electron chi connectivity index (χ2n) is 11.9. The summed E-state index contributed by atoms with van der Waals surface area (Å²) in [5.74, 6) is 1.39. The minimum atomic E-state index is -0.251. The van der Waals surface area contributed by atoms with Crippen molar-refractivity contribution in [3.8, 4) is 0 Å². The molecule has 0 amide bonds. The SMILES string of the molecule is CC(=O)OC[C@@H]1C[C@H]2[C@@H]3CC=C4C[C@@H](OC(C)=O)CC[C@]4(C)[C@H]3CC[C@]2(C)[C@H]1[C@H](C)OC(C)=O. The van der Waals surface area contributed by atoms with Crippen molar-refractivity contribution in [1.29, 1.82) is 0 Å². The number of carbonyl (C=O) groups is 3. The van der Waals surface area contributed by atoms with Crippen molar-refractivity contribution in [2.75, 3.05) is 6.61 Å². The molecule has 9 atom stereocenters. The highest BCUT2D eigenvalue weighted by Gasteiger charge is 2.62. The molecule has 0 aliphatic heterocycles. The Morgan fingerprint density at radius 3 is 2.41 bits per heavy atom. The van der Waals surface area contributed by atoms with Crippen molar-refractivity contribution in [3.63, 3.8) is 0 Å². The zero-order valence-electron chi connectivity index (χ0n) is 21.7. The van der Waals surface area contributed by atoms with E-state index < -0.39 is 0 Å². The Balaban J connectivity index is 1.60. The molecule has 0 aromatic carbocycles. The zero-order valence-corrected chi connectivity index (χ0v) is 21.7. The zero-order chi connectivity index (χ0) is 24.8. The van der Waals surface area contributed by atoms with E-state index in [0.29, 0.717) is 24.4 Å². The normalized spacial score (nSPS) is 41.8. The van der Waals surface area contributed by atoms with Crippen LogP contribution in [0.25, 0.3) is 0 Å². The molecule has 6 nitrogen and oxygen atoms in total. The molecule has 4 aliphatic rings. The molecule has 0 heterocycles. The molecule has 0 aromatic rings. The lowest BCUT2D eigenvalue weighted by Gasteiger charge is -2.58. The van der Waals surface area contributed by atoms with E-state index in [1.165, 1.54) is 26.3 Å². The third kappa shape index (κ3) is 4.42. The van der Waals surface area contributed by atoms with Crippen LogP contribution in [0.4, 0.5) is 0 Å². The fourth-order valence-electron chi connectivity index (χ4n) is 8.83. The molecule has 4 aliphatic carbocycles. The van der Waals surface area contributed by atoms with Crippen molar-refractivity contribution < 1.29 is 28.6 Å². The summed E-state index contributed by atoms with van der Waals surface area (Å²) >= 11 is 0. The Bertz CT molecular complexity index is 863. The third-order valence-electron chi connectivity index (χ3n) is 10.0. The Morgan fingerprint density at radius 2 is 1.76 bits per heavy atom. The highest BCUT2D eigenvalue weighted by Crippen LogP contribution is 2.68. The quantitative estimate of drug-likeness (QED) is 0.308. The predicted octanol–water partition coefficient (Wildman–Crippen LogP) is 5.24. The van der Waals surface area contributed by atoms with Gasteiger partial charge in [0.1, 0.15) is 12.2 Å². The summed E-state index contributed by atoms with van der Waals surface area (Å²) in [6.07, 6.45) is 9.44. The maximum absolute atomic E-state index is 11.8. The number of ether oxygens (including phenoxy) is 3. The Hall–Kier alpha value is -1.85. The smallest absolute Gasteiger partial charge is 0.302 e. The average molecular weight is 475 g/mol. The number of hydrogen-bond acceptors (Lipinski definition) is 6. The molecular formula is C28H42O6. The van der Waals surface area contributed by atoms with Crippen LogP contribution in [0, 0.1) is 40.4 Å². The average Bonchev–Trinajstić information content (AvgIpc) is 3.04. The molecule has 3 fully saturated rings. The summed E-state index contributed by atoms with van der Waals surface area (Å²) in [5.41, 5.74) is 1.69. The molecule has 0 saturated heterocycles. The fraction of sp³-hybridized carbons (Fsp3) is 0.821. The van der Waals surface area contributed by atoms with Gasteiger partial charge in [-0.15, -0.1) is 0 Å². The van der Waals surface area contributed by atoms with Crippen molar-refractivity contribution >= 4 is 17.9 Å². The number of fused-ring (bicyclic) bond motifs is 5. The van der Waals surface area contributed by atoms with Crippen LogP contribution in [0.15, 0.2) is 11.6 Å². The number of rotatable bonds is 5. The van der Waals surface area contributed by atoms with E-state index in [4.69, 9.17) is 14.2 Å². The van der Waals surface area contributed by atoms with Crippen LogP contribution in [-0.2, 0) is 28.6 Å². The van der Waals surface area contributed by atoms with Crippen molar-refractivity contribution in [2.45, 2.75) is 98.7 Å². The molecule has 3 saturated carbocycles. The summed E-state index contributed by atoms with van der Waals surface area (Å²) in [4.78, 5) is 35.0. The van der Waals surface area contributed by atoms with Crippen LogP contribution in [0.2, 0.25) is 0 Å². The van der Waals surface area contributed by atoms with Gasteiger partial charge in [0.15, 0.2) is 0 Å². The molecule has 0 aromatic heterocycles. The van der Waals surface area contributed by atoms with Gasteiger partial charge in [0.05, 0.1) is 6.61 Å². The number of esters is 3. The minimum absolute atomic E-state index is 0.00998. The summed E-state index contributed by atoms with van der Waals surface area (Å²) in [6.45, 7) is 11.7. The predicted molar refractivity (Wildman–Crippen MR) is 127 cm³/mol. The summed E-state index contributed by atoms with van der Waals surface area (Å²) in [5, 5.41) is 0. The molecule has 0 bridgehead atoms. The lowest BCUT2D eigenvalue weighted by molar-refractivity contribution is -0.157. The van der Waals surface area contributed by atoms with Crippen molar-refractivity contribution in [1.82, 2.24) is 0 Å². The Kier molecular flexibility index (Phi) is 6.91. The van der Waals surface area contributed by atoms with Crippen LogP contribution in [0.3, 0.4) is 0 Å². The highest BCUT2D eigenvalue weighted by molar-refractivity contribution is 5.66. The van der Waals surface area contributed by atoms with Gasteiger partial charge >= 0.3 is 17.9 Å². The lowest BCUT2D eigenvalue weighted by atomic mass is 9.47. The molecule has 0 N–H and O–H groups in total. The molecule has 0 unspecified atom stereocenters. The second-order valence-corrected chi connectivity index (χ2v) is 11.9. The largest absolute Gasteiger partial charge is 0.466 e. The summed E-state index contributed by atoms with van der Waals surface area (Å²) in [7, 11) is 0. The number of allylic oxidation sites excluding steroid dienone is 1. The Morgan fingerprint density at radius 1 is 1.03 bits per heavy atom. The molecule has 0 spiro atoms. The molecular weight excluding hydrogens is 432 g/mol. The summed E-state index contributed by atoms with van der Waals surface area (Å²) < 4.78 is 16.8. The summed E-state index contributed by atoms with van der Waals surface area (Å²) in [6, 6.07) is 0. The first kappa shape index (κ1) is 25.2. The van der Waals surface area contributed by atoms with Crippen LogP contribution in [0.1, 0.15) is 86.5 Å².